The molecule has 20 heavy (non-hydrogen) atoms. The van der Waals surface area contributed by atoms with Gasteiger partial charge >= 0.3 is 0 Å². The molecule has 1 aromatic rings. The van der Waals surface area contributed by atoms with Crippen LogP contribution in [0.3, 0.4) is 0 Å². The number of benzene rings is 1. The number of anilines is 1. The van der Waals surface area contributed by atoms with Crippen molar-refractivity contribution >= 4 is 17.8 Å². The van der Waals surface area contributed by atoms with Gasteiger partial charge in [0, 0.05) is 24.7 Å². The van der Waals surface area contributed by atoms with Crippen LogP contribution in [0.4, 0.5) is 5.69 Å². The van der Waals surface area contributed by atoms with Gasteiger partial charge in [-0.15, -0.1) is 0 Å². The van der Waals surface area contributed by atoms with Crippen molar-refractivity contribution in [3.05, 3.63) is 29.8 Å². The van der Waals surface area contributed by atoms with Crippen molar-refractivity contribution in [1.82, 2.24) is 5.01 Å². The molecule has 0 bridgehead atoms. The lowest BCUT2D eigenvalue weighted by atomic mass is 10.00. The van der Waals surface area contributed by atoms with E-state index < -0.39 is 0 Å². The molecule has 1 aromatic carbocycles. The molecule has 0 radical (unpaired) electrons. The van der Waals surface area contributed by atoms with Crippen LogP contribution >= 0.6 is 0 Å². The van der Waals surface area contributed by atoms with Crippen LogP contribution in [-0.2, 0) is 4.79 Å². The van der Waals surface area contributed by atoms with Gasteiger partial charge in [-0.3, -0.25) is 9.80 Å². The fraction of sp³-hybridized carbons (Fsp3) is 0.500. The minimum absolute atomic E-state index is 0.0533. The molecule has 0 spiro atoms. The fourth-order valence-electron chi connectivity index (χ4n) is 2.62. The van der Waals surface area contributed by atoms with Gasteiger partial charge in [-0.25, -0.2) is 0 Å². The van der Waals surface area contributed by atoms with Crippen LogP contribution in [0.25, 0.3) is 0 Å². The van der Waals surface area contributed by atoms with Crippen LogP contribution in [0, 0.1) is 0 Å². The number of nitrogens with one attached hydrogen (secondary N) is 1. The summed E-state index contributed by atoms with van der Waals surface area (Å²) in [4.78, 5) is 11.0. The van der Waals surface area contributed by atoms with Gasteiger partial charge in [-0.2, -0.15) is 5.10 Å². The summed E-state index contributed by atoms with van der Waals surface area (Å²) < 4.78 is 0. The minimum atomic E-state index is -0.0533. The Morgan fingerprint density at radius 1 is 1.25 bits per heavy atom. The number of hydrogen-bond donors (Lipinski definition) is 1. The Morgan fingerprint density at radius 2 is 1.85 bits per heavy atom. The molecule has 0 aromatic heterocycles. The average molecular weight is 273 g/mol. The Balaban J connectivity index is 2.01. The summed E-state index contributed by atoms with van der Waals surface area (Å²) in [6, 6.07) is 8.74. The summed E-state index contributed by atoms with van der Waals surface area (Å²) in [7, 11) is 0. The number of carbonyl (C=O) groups excluding carboxylic acids is 1. The van der Waals surface area contributed by atoms with Crippen molar-refractivity contribution in [3.63, 3.8) is 0 Å². The second-order valence-electron chi connectivity index (χ2n) is 5.56. The number of rotatable bonds is 3. The zero-order valence-corrected chi connectivity index (χ0v) is 12.5. The molecular formula is C16H23N3O. The maximum absolute atomic E-state index is 11.0. The fourth-order valence-corrected chi connectivity index (χ4v) is 2.62. The van der Waals surface area contributed by atoms with Gasteiger partial charge in [0.2, 0.25) is 5.91 Å². The molecule has 0 saturated carbocycles. The Morgan fingerprint density at radius 3 is 2.40 bits per heavy atom. The van der Waals surface area contributed by atoms with Gasteiger partial charge in [0.05, 0.1) is 6.21 Å². The minimum Gasteiger partial charge on any atom is -0.326 e. The van der Waals surface area contributed by atoms with E-state index in [0.717, 1.165) is 11.3 Å². The van der Waals surface area contributed by atoms with Gasteiger partial charge in [0.25, 0.3) is 0 Å². The van der Waals surface area contributed by atoms with E-state index in [1.165, 1.54) is 26.2 Å². The number of carbonyl (C=O) groups is 1. The van der Waals surface area contributed by atoms with E-state index >= 15 is 0 Å². The van der Waals surface area contributed by atoms with Gasteiger partial charge < -0.3 is 5.32 Å². The smallest absolute Gasteiger partial charge is 0.221 e. The van der Waals surface area contributed by atoms with E-state index in [2.05, 4.69) is 29.3 Å². The highest BCUT2D eigenvalue weighted by Gasteiger charge is 2.22. The van der Waals surface area contributed by atoms with Crippen molar-refractivity contribution in [2.75, 3.05) is 5.32 Å². The van der Waals surface area contributed by atoms with E-state index in [1.54, 1.807) is 0 Å². The maximum atomic E-state index is 11.0. The summed E-state index contributed by atoms with van der Waals surface area (Å²) in [5, 5.41) is 9.58. The van der Waals surface area contributed by atoms with Gasteiger partial charge in [-0.05, 0) is 50.8 Å². The van der Waals surface area contributed by atoms with Crippen LogP contribution in [0.15, 0.2) is 29.4 Å². The first-order valence-corrected chi connectivity index (χ1v) is 7.26. The largest absolute Gasteiger partial charge is 0.326 e. The topological polar surface area (TPSA) is 44.7 Å². The first kappa shape index (κ1) is 14.6. The standard InChI is InChI=1S/C16H23N3O/c1-12-5-4-6-13(2)19(12)17-11-15-7-9-16(10-8-15)18-14(3)20/h7-13H,4-6H2,1-3H3,(H,18,20)/b17-11+. The Bertz CT molecular complexity index is 471. The summed E-state index contributed by atoms with van der Waals surface area (Å²) in [6.07, 6.45) is 5.61. The number of piperidine rings is 1. The van der Waals surface area contributed by atoms with E-state index in [4.69, 9.17) is 0 Å². The molecule has 2 atom stereocenters. The molecule has 1 aliphatic rings. The maximum Gasteiger partial charge on any atom is 0.221 e. The molecule has 2 unspecified atom stereocenters. The molecule has 1 saturated heterocycles. The molecule has 1 fully saturated rings. The third kappa shape index (κ3) is 3.83. The molecule has 1 N–H and O–H groups in total. The number of amides is 1. The van der Waals surface area contributed by atoms with Gasteiger partial charge in [0.1, 0.15) is 0 Å². The van der Waals surface area contributed by atoms with E-state index in [9.17, 15) is 4.79 Å². The lowest BCUT2D eigenvalue weighted by Crippen LogP contribution is -2.39. The molecule has 1 aliphatic heterocycles. The molecule has 1 heterocycles. The van der Waals surface area contributed by atoms with Gasteiger partial charge in [-0.1, -0.05) is 12.1 Å². The highest BCUT2D eigenvalue weighted by molar-refractivity contribution is 5.89. The SMILES string of the molecule is CC(=O)Nc1ccc(/C=N/N2C(C)CCCC2C)cc1. The van der Waals surface area contributed by atoms with Crippen LogP contribution in [0.2, 0.25) is 0 Å². The molecule has 108 valence electrons. The van der Waals surface area contributed by atoms with Crippen LogP contribution in [0.1, 0.15) is 45.6 Å². The average Bonchev–Trinajstić information content (AvgIpc) is 2.39. The normalized spacial score (nSPS) is 23.1. The first-order valence-electron chi connectivity index (χ1n) is 7.26. The number of hydrazone groups is 1. The molecular weight excluding hydrogens is 250 g/mol. The molecule has 1 amide bonds. The zero-order chi connectivity index (χ0) is 14.5. The van der Waals surface area contributed by atoms with Crippen molar-refractivity contribution in [3.8, 4) is 0 Å². The van der Waals surface area contributed by atoms with Crippen molar-refractivity contribution in [1.29, 1.82) is 0 Å². The first-order chi connectivity index (χ1) is 9.56. The van der Waals surface area contributed by atoms with Gasteiger partial charge in [0.15, 0.2) is 0 Å². The second-order valence-corrected chi connectivity index (χ2v) is 5.56. The Labute approximate surface area is 120 Å². The molecule has 0 aliphatic carbocycles. The van der Waals surface area contributed by atoms with Crippen molar-refractivity contribution in [2.24, 2.45) is 5.10 Å². The second kappa shape index (κ2) is 6.55. The van der Waals surface area contributed by atoms with E-state index in [0.29, 0.717) is 12.1 Å². The summed E-state index contributed by atoms with van der Waals surface area (Å²) >= 11 is 0. The number of hydrogen-bond acceptors (Lipinski definition) is 3. The lowest BCUT2D eigenvalue weighted by molar-refractivity contribution is -0.114. The molecule has 4 nitrogen and oxygen atoms in total. The number of nitrogens with zero attached hydrogens (tertiary/aromatic N) is 2. The third-order valence-electron chi connectivity index (χ3n) is 3.72. The highest BCUT2D eigenvalue weighted by Crippen LogP contribution is 2.22. The van der Waals surface area contributed by atoms with E-state index in [1.807, 2.05) is 30.5 Å². The van der Waals surface area contributed by atoms with Crippen LogP contribution in [-0.4, -0.2) is 29.2 Å². The predicted octanol–water partition coefficient (Wildman–Crippen LogP) is 3.24. The summed E-state index contributed by atoms with van der Waals surface area (Å²) in [6.45, 7) is 5.97. The summed E-state index contributed by atoms with van der Waals surface area (Å²) in [5.41, 5.74) is 1.86. The Kier molecular flexibility index (Phi) is 4.77. The third-order valence-corrected chi connectivity index (χ3v) is 3.72. The lowest BCUT2D eigenvalue weighted by Gasteiger charge is -2.36. The zero-order valence-electron chi connectivity index (χ0n) is 12.5. The highest BCUT2D eigenvalue weighted by atomic mass is 16.1. The van der Waals surface area contributed by atoms with Crippen LogP contribution in [0.5, 0.6) is 0 Å². The van der Waals surface area contributed by atoms with Crippen molar-refractivity contribution in [2.45, 2.75) is 52.1 Å². The predicted molar refractivity (Wildman–Crippen MR) is 83.0 cm³/mol. The van der Waals surface area contributed by atoms with Crippen molar-refractivity contribution < 1.29 is 4.79 Å². The molecule has 2 rings (SSSR count). The summed E-state index contributed by atoms with van der Waals surface area (Å²) in [5.74, 6) is -0.0533. The van der Waals surface area contributed by atoms with Crippen LogP contribution < -0.4 is 5.32 Å². The van der Waals surface area contributed by atoms with E-state index in [-0.39, 0.29) is 5.91 Å². The monoisotopic (exact) mass is 273 g/mol. The quantitative estimate of drug-likeness (QED) is 0.859. The molecule has 4 heteroatoms. The Hall–Kier alpha value is -1.84.